The molecular weight excluding hydrogens is 404 g/mol. The van der Waals surface area contributed by atoms with E-state index in [1.165, 1.54) is 17.1 Å². The summed E-state index contributed by atoms with van der Waals surface area (Å²) in [5.74, 6) is 2.18. The molecule has 156 valence electrons. The molecule has 3 aromatic carbocycles. The highest BCUT2D eigenvalue weighted by Gasteiger charge is 2.27. The van der Waals surface area contributed by atoms with Gasteiger partial charge in [-0.05, 0) is 47.4 Å². The van der Waals surface area contributed by atoms with Crippen LogP contribution in [0.25, 0.3) is 11.1 Å². The Hall–Kier alpha value is -2.89. The summed E-state index contributed by atoms with van der Waals surface area (Å²) in [4.78, 5) is 28.1. The molecule has 1 saturated heterocycles. The van der Waals surface area contributed by atoms with E-state index in [4.69, 9.17) is 0 Å². The van der Waals surface area contributed by atoms with Crippen LogP contribution in [-0.4, -0.2) is 41.2 Å². The highest BCUT2D eigenvalue weighted by atomic mass is 32.2. The molecule has 1 amide bonds. The number of ketones is 1. The van der Waals surface area contributed by atoms with Gasteiger partial charge < -0.3 is 5.32 Å². The lowest BCUT2D eigenvalue weighted by molar-refractivity contribution is 0.102. The van der Waals surface area contributed by atoms with Gasteiger partial charge in [-0.1, -0.05) is 42.5 Å². The number of anilines is 1. The highest BCUT2D eigenvalue weighted by molar-refractivity contribution is 7.99. The molecular formula is C26H24N2O2S. The first-order valence-corrected chi connectivity index (χ1v) is 11.7. The molecule has 0 radical (unpaired) electrons. The molecule has 5 rings (SSSR count). The summed E-state index contributed by atoms with van der Waals surface area (Å²) in [7, 11) is 0. The first-order valence-electron chi connectivity index (χ1n) is 10.6. The highest BCUT2D eigenvalue weighted by Crippen LogP contribution is 2.36. The smallest absolute Gasteiger partial charge is 0.255 e. The molecule has 3 aromatic rings. The van der Waals surface area contributed by atoms with E-state index < -0.39 is 0 Å². The number of benzene rings is 3. The predicted molar refractivity (Wildman–Crippen MR) is 127 cm³/mol. The van der Waals surface area contributed by atoms with E-state index in [-0.39, 0.29) is 11.7 Å². The van der Waals surface area contributed by atoms with Crippen molar-refractivity contribution in [2.45, 2.75) is 13.5 Å². The zero-order valence-electron chi connectivity index (χ0n) is 17.5. The number of rotatable bonds is 4. The molecule has 0 aromatic heterocycles. The summed E-state index contributed by atoms with van der Waals surface area (Å²) < 4.78 is 0. The van der Waals surface area contributed by atoms with Crippen molar-refractivity contribution in [1.29, 1.82) is 0 Å². The summed E-state index contributed by atoms with van der Waals surface area (Å²) >= 11 is 2.01. The quantitative estimate of drug-likeness (QED) is 0.497. The lowest BCUT2D eigenvalue weighted by Crippen LogP contribution is -2.31. The SMILES string of the molecule is Cc1cc(CN2CCSCC2)ccc1NC(=O)c1ccc2c(c1)C(=O)c1ccccc1-2. The van der Waals surface area contributed by atoms with Gasteiger partial charge in [-0.15, -0.1) is 0 Å². The van der Waals surface area contributed by atoms with Crippen LogP contribution < -0.4 is 5.32 Å². The summed E-state index contributed by atoms with van der Waals surface area (Å²) in [6, 6.07) is 19.2. The average Bonchev–Trinajstić information content (AvgIpc) is 3.08. The number of thioether (sulfide) groups is 1. The van der Waals surface area contributed by atoms with Crippen LogP contribution in [0.3, 0.4) is 0 Å². The number of carbonyl (C=O) groups is 2. The Morgan fingerprint density at radius 2 is 1.68 bits per heavy atom. The minimum Gasteiger partial charge on any atom is -0.322 e. The molecule has 2 aliphatic rings. The topological polar surface area (TPSA) is 49.4 Å². The standard InChI is InChI=1S/C26H24N2O2S/c1-17-14-18(16-28-10-12-31-13-11-28)6-9-24(17)27-26(30)19-7-8-21-20-4-2-3-5-22(20)25(29)23(21)15-19/h2-9,14-15H,10-13,16H2,1H3,(H,27,30). The minimum absolute atomic E-state index is 0.0168. The minimum atomic E-state index is -0.199. The molecule has 1 aliphatic carbocycles. The fraction of sp³-hybridized carbons (Fsp3) is 0.231. The van der Waals surface area contributed by atoms with Crippen molar-refractivity contribution >= 4 is 29.1 Å². The van der Waals surface area contributed by atoms with Gasteiger partial charge >= 0.3 is 0 Å². The number of amides is 1. The molecule has 0 spiro atoms. The van der Waals surface area contributed by atoms with Crippen molar-refractivity contribution in [3.8, 4) is 11.1 Å². The van der Waals surface area contributed by atoms with Crippen LogP contribution in [0.15, 0.2) is 60.7 Å². The number of carbonyl (C=O) groups excluding carboxylic acids is 2. The first-order chi connectivity index (χ1) is 15.1. The zero-order valence-corrected chi connectivity index (χ0v) is 18.3. The molecule has 1 N–H and O–H groups in total. The number of nitrogens with one attached hydrogen (secondary N) is 1. The summed E-state index contributed by atoms with van der Waals surface area (Å²) in [6.45, 7) is 5.23. The van der Waals surface area contributed by atoms with Crippen LogP contribution in [0.1, 0.15) is 37.4 Å². The maximum Gasteiger partial charge on any atom is 0.255 e. The molecule has 1 aliphatic heterocycles. The largest absolute Gasteiger partial charge is 0.322 e. The summed E-state index contributed by atoms with van der Waals surface area (Å²) in [5.41, 5.74) is 6.74. The number of fused-ring (bicyclic) bond motifs is 3. The fourth-order valence-corrected chi connectivity index (χ4v) is 5.32. The van der Waals surface area contributed by atoms with Gasteiger partial charge in [0.2, 0.25) is 0 Å². The zero-order chi connectivity index (χ0) is 21.4. The van der Waals surface area contributed by atoms with Gasteiger partial charge in [-0.2, -0.15) is 11.8 Å². The molecule has 1 fully saturated rings. The predicted octanol–water partition coefficient (Wildman–Crippen LogP) is 5.01. The first kappa shape index (κ1) is 20.0. The summed E-state index contributed by atoms with van der Waals surface area (Å²) in [6.07, 6.45) is 0. The second kappa shape index (κ2) is 8.33. The molecule has 5 heteroatoms. The van der Waals surface area contributed by atoms with E-state index in [9.17, 15) is 9.59 Å². The number of nitrogens with zero attached hydrogens (tertiary/aromatic N) is 1. The Morgan fingerprint density at radius 1 is 0.935 bits per heavy atom. The van der Waals surface area contributed by atoms with E-state index in [0.29, 0.717) is 16.7 Å². The molecule has 31 heavy (non-hydrogen) atoms. The number of hydrogen-bond donors (Lipinski definition) is 1. The van der Waals surface area contributed by atoms with Crippen molar-refractivity contribution in [2.75, 3.05) is 29.9 Å². The third kappa shape index (κ3) is 3.91. The van der Waals surface area contributed by atoms with Crippen LogP contribution in [0, 0.1) is 6.92 Å². The van der Waals surface area contributed by atoms with Crippen LogP contribution in [-0.2, 0) is 6.54 Å². The van der Waals surface area contributed by atoms with E-state index in [2.05, 4.69) is 22.3 Å². The normalized spacial score (nSPS) is 15.5. The number of hydrogen-bond acceptors (Lipinski definition) is 4. The van der Waals surface area contributed by atoms with Gasteiger partial charge in [0.1, 0.15) is 0 Å². The lowest BCUT2D eigenvalue weighted by Gasteiger charge is -2.26. The van der Waals surface area contributed by atoms with Gasteiger partial charge in [-0.3, -0.25) is 14.5 Å². The van der Waals surface area contributed by atoms with Crippen LogP contribution in [0.2, 0.25) is 0 Å². The lowest BCUT2D eigenvalue weighted by atomic mass is 10.0. The van der Waals surface area contributed by atoms with Gasteiger partial charge in [-0.25, -0.2) is 0 Å². The van der Waals surface area contributed by atoms with Crippen molar-refractivity contribution in [3.63, 3.8) is 0 Å². The van der Waals surface area contributed by atoms with Crippen LogP contribution in [0.4, 0.5) is 5.69 Å². The van der Waals surface area contributed by atoms with E-state index >= 15 is 0 Å². The Balaban J connectivity index is 1.32. The Labute approximate surface area is 186 Å². The van der Waals surface area contributed by atoms with Crippen LogP contribution in [0.5, 0.6) is 0 Å². The molecule has 0 bridgehead atoms. The maximum absolute atomic E-state index is 12.9. The molecule has 1 heterocycles. The van der Waals surface area contributed by atoms with E-state index in [0.717, 1.165) is 42.0 Å². The number of aryl methyl sites for hydroxylation is 1. The maximum atomic E-state index is 12.9. The Morgan fingerprint density at radius 3 is 2.45 bits per heavy atom. The third-order valence-electron chi connectivity index (χ3n) is 6.04. The second-order valence-electron chi connectivity index (χ2n) is 8.13. The van der Waals surface area contributed by atoms with Gasteiger partial charge in [0.05, 0.1) is 0 Å². The van der Waals surface area contributed by atoms with E-state index in [1.807, 2.05) is 55.1 Å². The van der Waals surface area contributed by atoms with Crippen molar-refractivity contribution in [1.82, 2.24) is 4.90 Å². The van der Waals surface area contributed by atoms with Crippen LogP contribution >= 0.6 is 11.8 Å². The molecule has 0 unspecified atom stereocenters. The van der Waals surface area contributed by atoms with Gasteiger partial charge in [0.15, 0.2) is 5.78 Å². The van der Waals surface area contributed by atoms with Gasteiger partial charge in [0, 0.05) is 53.5 Å². The van der Waals surface area contributed by atoms with E-state index in [1.54, 1.807) is 12.1 Å². The van der Waals surface area contributed by atoms with Crippen molar-refractivity contribution < 1.29 is 9.59 Å². The van der Waals surface area contributed by atoms with Crippen molar-refractivity contribution in [2.24, 2.45) is 0 Å². The summed E-state index contributed by atoms with van der Waals surface area (Å²) in [5, 5.41) is 3.02. The van der Waals surface area contributed by atoms with Crippen molar-refractivity contribution in [3.05, 3.63) is 88.5 Å². The van der Waals surface area contributed by atoms with Gasteiger partial charge in [0.25, 0.3) is 5.91 Å². The second-order valence-corrected chi connectivity index (χ2v) is 9.35. The molecule has 4 nitrogen and oxygen atoms in total. The molecule has 0 saturated carbocycles. The Bertz CT molecular complexity index is 1180. The Kier molecular flexibility index (Phi) is 5.38. The fourth-order valence-electron chi connectivity index (χ4n) is 4.35. The average molecular weight is 429 g/mol. The monoisotopic (exact) mass is 428 g/mol. The third-order valence-corrected chi connectivity index (χ3v) is 6.98. The molecule has 0 atom stereocenters.